The quantitative estimate of drug-likeness (QED) is 0.594. The lowest BCUT2D eigenvalue weighted by Gasteiger charge is -1.90. The van der Waals surface area contributed by atoms with E-state index in [1.54, 1.807) is 17.7 Å². The van der Waals surface area contributed by atoms with Crippen molar-refractivity contribution in [2.75, 3.05) is 0 Å². The number of nitrogens with zero attached hydrogens (tertiary/aromatic N) is 2. The minimum absolute atomic E-state index is 1.07. The van der Waals surface area contributed by atoms with Crippen LogP contribution in [-0.4, -0.2) is 9.97 Å². The summed E-state index contributed by atoms with van der Waals surface area (Å²) in [7, 11) is 0. The van der Waals surface area contributed by atoms with Crippen LogP contribution in [0.15, 0.2) is 30.7 Å². The summed E-state index contributed by atoms with van der Waals surface area (Å²) in [6, 6.07) is 6.43. The molecule has 3 rings (SSSR count). The lowest BCUT2D eigenvalue weighted by atomic mass is 10.2. The summed E-state index contributed by atoms with van der Waals surface area (Å²) in [5.74, 6) is 0. The van der Waals surface area contributed by atoms with Crippen LogP contribution in [0.2, 0.25) is 0 Å². The number of rotatable bonds is 0. The van der Waals surface area contributed by atoms with Crippen molar-refractivity contribution in [3.8, 4) is 0 Å². The van der Waals surface area contributed by atoms with Gasteiger partial charge in [-0.3, -0.25) is 0 Å². The molecule has 2 aromatic heterocycles. The van der Waals surface area contributed by atoms with Gasteiger partial charge in [-0.2, -0.15) is 0 Å². The highest BCUT2D eigenvalue weighted by atomic mass is 127. The van der Waals surface area contributed by atoms with Crippen molar-refractivity contribution in [1.82, 2.24) is 9.97 Å². The monoisotopic (exact) mass is 312 g/mol. The highest BCUT2D eigenvalue weighted by Crippen LogP contribution is 2.32. The van der Waals surface area contributed by atoms with Gasteiger partial charge in [-0.1, -0.05) is 6.07 Å². The van der Waals surface area contributed by atoms with Gasteiger partial charge in [-0.25, -0.2) is 9.97 Å². The van der Waals surface area contributed by atoms with Gasteiger partial charge in [-0.15, -0.1) is 11.3 Å². The van der Waals surface area contributed by atoms with E-state index < -0.39 is 0 Å². The van der Waals surface area contributed by atoms with Crippen molar-refractivity contribution >= 4 is 54.2 Å². The normalized spacial score (nSPS) is 11.2. The van der Waals surface area contributed by atoms with Crippen molar-refractivity contribution in [2.45, 2.75) is 0 Å². The van der Waals surface area contributed by atoms with E-state index in [1.807, 2.05) is 6.20 Å². The Labute approximate surface area is 98.1 Å². The summed E-state index contributed by atoms with van der Waals surface area (Å²) in [4.78, 5) is 9.37. The van der Waals surface area contributed by atoms with Gasteiger partial charge in [0.2, 0.25) is 0 Å². The third kappa shape index (κ3) is 1.21. The molecule has 0 radical (unpaired) electrons. The van der Waals surface area contributed by atoms with Crippen LogP contribution in [0.3, 0.4) is 0 Å². The predicted molar refractivity (Wildman–Crippen MR) is 67.6 cm³/mol. The molecule has 0 amide bonds. The first kappa shape index (κ1) is 8.55. The molecule has 14 heavy (non-hydrogen) atoms. The van der Waals surface area contributed by atoms with Crippen LogP contribution in [0, 0.1) is 3.57 Å². The molecule has 68 valence electrons. The van der Waals surface area contributed by atoms with Gasteiger partial charge in [-0.05, 0) is 34.7 Å². The van der Waals surface area contributed by atoms with E-state index >= 15 is 0 Å². The lowest BCUT2D eigenvalue weighted by Crippen LogP contribution is -1.74. The zero-order valence-corrected chi connectivity index (χ0v) is 10.0. The summed E-state index contributed by atoms with van der Waals surface area (Å²) < 4.78 is 2.54. The molecule has 0 spiro atoms. The van der Waals surface area contributed by atoms with Gasteiger partial charge in [0.15, 0.2) is 0 Å². The molecule has 4 heteroatoms. The largest absolute Gasteiger partial charge is 0.244 e. The van der Waals surface area contributed by atoms with E-state index in [4.69, 9.17) is 0 Å². The maximum Gasteiger partial charge on any atom is 0.127 e. The summed E-state index contributed by atoms with van der Waals surface area (Å²) in [5.41, 5.74) is 0. The smallest absolute Gasteiger partial charge is 0.127 e. The number of thiophene rings is 1. The average Bonchev–Trinajstić information content (AvgIpc) is 2.54. The molecule has 0 bridgehead atoms. The van der Waals surface area contributed by atoms with Crippen LogP contribution >= 0.6 is 33.9 Å². The highest BCUT2D eigenvalue weighted by Gasteiger charge is 2.05. The van der Waals surface area contributed by atoms with E-state index in [0.29, 0.717) is 0 Å². The number of aromatic nitrogens is 2. The van der Waals surface area contributed by atoms with Crippen LogP contribution in [0.25, 0.3) is 20.3 Å². The number of hydrogen-bond acceptors (Lipinski definition) is 3. The minimum Gasteiger partial charge on any atom is -0.244 e. The lowest BCUT2D eigenvalue weighted by molar-refractivity contribution is 1.24. The van der Waals surface area contributed by atoms with Gasteiger partial charge in [0.1, 0.15) is 11.2 Å². The first-order chi connectivity index (χ1) is 6.84. The number of benzene rings is 1. The zero-order chi connectivity index (χ0) is 9.54. The van der Waals surface area contributed by atoms with E-state index in [2.05, 4.69) is 50.8 Å². The third-order valence-corrected chi connectivity index (χ3v) is 3.86. The van der Waals surface area contributed by atoms with E-state index in [9.17, 15) is 0 Å². The molecule has 0 N–H and O–H groups in total. The number of halogens is 1. The minimum atomic E-state index is 1.07. The second kappa shape index (κ2) is 3.13. The van der Waals surface area contributed by atoms with Gasteiger partial charge < -0.3 is 0 Å². The Morgan fingerprint density at radius 1 is 1.21 bits per heavy atom. The molecule has 0 fully saturated rings. The Morgan fingerprint density at radius 2 is 2.14 bits per heavy atom. The number of fused-ring (bicyclic) bond motifs is 3. The Bertz CT molecular complexity index is 618. The van der Waals surface area contributed by atoms with Crippen LogP contribution in [0.4, 0.5) is 0 Å². The molecular formula is C10H5IN2S. The first-order valence-electron chi connectivity index (χ1n) is 4.12. The molecule has 0 saturated carbocycles. The first-order valence-corrected chi connectivity index (χ1v) is 6.02. The second-order valence-corrected chi connectivity index (χ2v) is 5.26. The van der Waals surface area contributed by atoms with Crippen LogP contribution in [-0.2, 0) is 0 Å². The van der Waals surface area contributed by atoms with Crippen molar-refractivity contribution in [3.05, 3.63) is 34.3 Å². The molecule has 2 heterocycles. The van der Waals surface area contributed by atoms with Crippen LogP contribution in [0.1, 0.15) is 0 Å². The summed E-state index contributed by atoms with van der Waals surface area (Å²) in [6.07, 6.45) is 3.48. The van der Waals surface area contributed by atoms with Crippen molar-refractivity contribution in [3.63, 3.8) is 0 Å². The molecule has 0 atom stereocenters. The van der Waals surface area contributed by atoms with Crippen molar-refractivity contribution in [2.24, 2.45) is 0 Å². The molecule has 3 aromatic rings. The Balaban J connectivity index is 2.57. The van der Waals surface area contributed by atoms with Gasteiger partial charge >= 0.3 is 0 Å². The van der Waals surface area contributed by atoms with Crippen molar-refractivity contribution < 1.29 is 0 Å². The van der Waals surface area contributed by atoms with E-state index in [0.717, 1.165) is 10.2 Å². The van der Waals surface area contributed by atoms with Gasteiger partial charge in [0, 0.05) is 25.2 Å². The average molecular weight is 312 g/mol. The molecule has 0 unspecified atom stereocenters. The summed E-state index contributed by atoms with van der Waals surface area (Å²) >= 11 is 4.04. The van der Waals surface area contributed by atoms with Crippen molar-refractivity contribution in [1.29, 1.82) is 0 Å². The Kier molecular flexibility index (Phi) is 1.91. The zero-order valence-electron chi connectivity index (χ0n) is 7.07. The molecule has 2 nitrogen and oxygen atoms in total. The topological polar surface area (TPSA) is 25.8 Å². The maximum atomic E-state index is 4.25. The molecule has 0 aliphatic heterocycles. The molecule has 0 aliphatic carbocycles. The third-order valence-electron chi connectivity index (χ3n) is 2.12. The fraction of sp³-hybridized carbons (Fsp3) is 0. The highest BCUT2D eigenvalue weighted by molar-refractivity contribution is 14.1. The Hall–Kier alpha value is -0.750. The maximum absolute atomic E-state index is 4.25. The van der Waals surface area contributed by atoms with Gasteiger partial charge in [0.25, 0.3) is 0 Å². The fourth-order valence-electron chi connectivity index (χ4n) is 1.49. The molecular weight excluding hydrogens is 307 g/mol. The molecule has 0 aliphatic rings. The predicted octanol–water partition coefficient (Wildman–Crippen LogP) is 3.45. The summed E-state index contributed by atoms with van der Waals surface area (Å²) in [6.45, 7) is 0. The Morgan fingerprint density at radius 3 is 3.07 bits per heavy atom. The second-order valence-electron chi connectivity index (χ2n) is 2.98. The standard InChI is InChI=1S/C10H5IN2S/c11-6-1-2-7-8-4-12-5-13-10(8)14-9(7)3-6/h1-5H. The van der Waals surface area contributed by atoms with Crippen LogP contribution in [0.5, 0.6) is 0 Å². The number of hydrogen-bond donors (Lipinski definition) is 0. The van der Waals surface area contributed by atoms with E-state index in [-0.39, 0.29) is 0 Å². The molecule has 0 saturated heterocycles. The van der Waals surface area contributed by atoms with E-state index in [1.165, 1.54) is 13.7 Å². The van der Waals surface area contributed by atoms with Crippen LogP contribution < -0.4 is 0 Å². The molecule has 1 aromatic carbocycles. The summed E-state index contributed by atoms with van der Waals surface area (Å²) in [5, 5.41) is 2.41. The fourth-order valence-corrected chi connectivity index (χ4v) is 3.25. The SMILES string of the molecule is Ic1ccc2c(c1)sc1ncncc12. The van der Waals surface area contributed by atoms with Gasteiger partial charge in [0.05, 0.1) is 0 Å².